The third-order valence-corrected chi connectivity index (χ3v) is 12.6. The van der Waals surface area contributed by atoms with Gasteiger partial charge in [0.05, 0.1) is 4.34 Å². The zero-order valence-corrected chi connectivity index (χ0v) is 33.2. The fourth-order valence-corrected chi connectivity index (χ4v) is 10.1. The Morgan fingerprint density at radius 3 is 1.59 bits per heavy atom. The minimum Gasteiger partial charge on any atom is -0.341 e. The zero-order valence-electron chi connectivity index (χ0n) is 27.8. The van der Waals surface area contributed by atoms with Crippen LogP contribution in [0.25, 0.3) is 0 Å². The molecule has 2 aliphatic heterocycles. The first kappa shape index (κ1) is 39.7. The summed E-state index contributed by atoms with van der Waals surface area (Å²) in [6.45, 7) is 2.56. The normalized spacial score (nSPS) is 13.4. The lowest BCUT2D eigenvalue weighted by atomic mass is 10.0. The number of thiophene rings is 1. The molecule has 0 unspecified atom stereocenters. The summed E-state index contributed by atoms with van der Waals surface area (Å²) < 4.78 is 28.2. The molecule has 0 amide bonds. The fourth-order valence-electron chi connectivity index (χ4n) is 6.53. The lowest BCUT2D eigenvalue weighted by molar-refractivity contribution is 0.579. The van der Waals surface area contributed by atoms with Crippen LogP contribution in [0.2, 0.25) is 18.7 Å². The Morgan fingerprint density at radius 1 is 0.647 bits per heavy atom. The average Bonchev–Trinajstić information content (AvgIpc) is 3.29. The molecular formula is C38H39Cl5N4O2S2. The quantitative estimate of drug-likeness (QED) is 0.145. The summed E-state index contributed by atoms with van der Waals surface area (Å²) in [6, 6.07) is 30.5. The summed E-state index contributed by atoms with van der Waals surface area (Å²) in [5.74, 6) is 0. The minimum absolute atomic E-state index is 0. The topological polar surface area (TPSA) is 78.7 Å². The van der Waals surface area contributed by atoms with Crippen molar-refractivity contribution in [2.75, 3.05) is 36.0 Å². The number of anilines is 4. The lowest BCUT2D eigenvalue weighted by Crippen LogP contribution is -2.28. The van der Waals surface area contributed by atoms with E-state index in [1.54, 1.807) is 0 Å². The van der Waals surface area contributed by atoms with E-state index in [1.165, 1.54) is 39.7 Å². The van der Waals surface area contributed by atoms with Gasteiger partial charge in [0, 0.05) is 52.4 Å². The first-order valence-electron chi connectivity index (χ1n) is 16.6. The number of sulfonamides is 1. The maximum Gasteiger partial charge on any atom is 0.242 e. The van der Waals surface area contributed by atoms with Gasteiger partial charge < -0.3 is 15.5 Å². The number of para-hydroxylation sites is 2. The maximum atomic E-state index is 12.5. The molecule has 0 radical (unpaired) electrons. The van der Waals surface area contributed by atoms with Gasteiger partial charge in [0.2, 0.25) is 10.0 Å². The van der Waals surface area contributed by atoms with Crippen LogP contribution in [0.15, 0.2) is 95.9 Å². The highest BCUT2D eigenvalue weighted by Crippen LogP contribution is 2.39. The summed E-state index contributed by atoms with van der Waals surface area (Å²) in [6.07, 6.45) is 5.59. The molecule has 2 aliphatic rings. The average molecular weight is 825 g/mol. The van der Waals surface area contributed by atoms with E-state index in [-0.39, 0.29) is 28.2 Å². The number of benzene rings is 4. The number of halogens is 5. The molecule has 4 aromatic carbocycles. The highest BCUT2D eigenvalue weighted by molar-refractivity contribution is 7.89. The third kappa shape index (κ3) is 9.55. The monoisotopic (exact) mass is 822 g/mol. The lowest BCUT2D eigenvalue weighted by Gasteiger charge is -2.27. The van der Waals surface area contributed by atoms with Gasteiger partial charge in [-0.05, 0) is 110 Å². The molecule has 6 nitrogen and oxygen atoms in total. The van der Waals surface area contributed by atoms with Crippen LogP contribution in [0.1, 0.15) is 35.1 Å². The van der Waals surface area contributed by atoms with Crippen molar-refractivity contribution in [2.45, 2.75) is 43.4 Å². The fraction of sp³-hybridized carbons (Fsp3) is 0.263. The highest BCUT2D eigenvalue weighted by Gasteiger charge is 2.23. The predicted molar refractivity (Wildman–Crippen MR) is 220 cm³/mol. The van der Waals surface area contributed by atoms with E-state index >= 15 is 0 Å². The standard InChI is InChI=1S/C21H19Cl3N2O2S2.C17H19ClN2.ClH/c22-16-9-8-15-7-6-14-4-1-2-5-17(14)26(18(15)12-16)11-3-10-25-30(27,28)19-13-20(23)29-21(19)24;18-15-9-8-14-7-6-13-4-1-2-5-16(13)20(11-3-10-19)17(14)12-15;/h1-2,4-5,8-9,12-13,25H,3,6-7,10-11H2;1-2,4-5,8-9,12H,3,6-7,10-11,19H2;1H. The van der Waals surface area contributed by atoms with Crippen molar-refractivity contribution in [3.63, 3.8) is 0 Å². The number of aryl methyl sites for hydroxylation is 4. The molecule has 5 aromatic rings. The molecule has 0 fully saturated rings. The van der Waals surface area contributed by atoms with Gasteiger partial charge in [0.1, 0.15) is 9.23 Å². The van der Waals surface area contributed by atoms with E-state index in [1.807, 2.05) is 30.3 Å². The number of nitrogens with zero attached hydrogens (tertiary/aromatic N) is 2. The number of hydrogen-bond donors (Lipinski definition) is 2. The van der Waals surface area contributed by atoms with Gasteiger partial charge >= 0.3 is 0 Å². The Morgan fingerprint density at radius 2 is 1.12 bits per heavy atom. The predicted octanol–water partition coefficient (Wildman–Crippen LogP) is 10.7. The largest absolute Gasteiger partial charge is 0.341 e. The Labute approximate surface area is 330 Å². The van der Waals surface area contributed by atoms with Gasteiger partial charge in [-0.2, -0.15) is 0 Å². The van der Waals surface area contributed by atoms with Gasteiger partial charge in [-0.3, -0.25) is 0 Å². The number of hydrogen-bond acceptors (Lipinski definition) is 6. The van der Waals surface area contributed by atoms with Crippen LogP contribution in [0.3, 0.4) is 0 Å². The molecule has 13 heteroatoms. The molecule has 0 bridgehead atoms. The highest BCUT2D eigenvalue weighted by atomic mass is 35.5. The Kier molecular flexibility index (Phi) is 14.0. The smallest absolute Gasteiger partial charge is 0.242 e. The molecule has 0 saturated heterocycles. The maximum absolute atomic E-state index is 12.5. The number of nitrogens with one attached hydrogen (secondary N) is 1. The van der Waals surface area contributed by atoms with Crippen LogP contribution in [-0.2, 0) is 35.7 Å². The van der Waals surface area contributed by atoms with Crippen LogP contribution < -0.4 is 20.3 Å². The summed E-state index contributed by atoms with van der Waals surface area (Å²) in [5, 5.41) is 1.48. The van der Waals surface area contributed by atoms with Gasteiger partial charge in [0.15, 0.2) is 0 Å². The molecule has 3 heterocycles. The van der Waals surface area contributed by atoms with Gasteiger partial charge in [-0.25, -0.2) is 13.1 Å². The van der Waals surface area contributed by atoms with Crippen LogP contribution >= 0.6 is 70.1 Å². The molecule has 1 aromatic heterocycles. The van der Waals surface area contributed by atoms with E-state index in [2.05, 4.69) is 69.1 Å². The summed E-state index contributed by atoms with van der Waals surface area (Å²) >= 11 is 25.4. The van der Waals surface area contributed by atoms with Crippen molar-refractivity contribution >= 4 is 103 Å². The second-order valence-corrected chi connectivity index (χ2v) is 17.1. The Hall–Kier alpha value is -2.50. The molecular weight excluding hydrogens is 786 g/mol. The van der Waals surface area contributed by atoms with Crippen molar-refractivity contribution in [3.8, 4) is 0 Å². The van der Waals surface area contributed by atoms with E-state index in [9.17, 15) is 8.42 Å². The molecule has 270 valence electrons. The minimum atomic E-state index is -3.70. The van der Waals surface area contributed by atoms with Crippen molar-refractivity contribution in [1.82, 2.24) is 4.72 Å². The zero-order chi connectivity index (χ0) is 35.3. The SMILES string of the molecule is Cl.NCCCN1c2ccccc2CCc2ccc(Cl)cc21.O=S(=O)(NCCCN1c2ccccc2CCc2ccc(Cl)cc21)c1cc(Cl)sc1Cl. The van der Waals surface area contributed by atoms with E-state index in [4.69, 9.17) is 52.1 Å². The molecule has 0 saturated carbocycles. The van der Waals surface area contributed by atoms with Crippen LogP contribution in [0.4, 0.5) is 22.7 Å². The van der Waals surface area contributed by atoms with Crippen LogP contribution in [0, 0.1) is 0 Å². The van der Waals surface area contributed by atoms with E-state index < -0.39 is 10.0 Å². The number of fused-ring (bicyclic) bond motifs is 4. The first-order valence-corrected chi connectivity index (χ1v) is 20.4. The molecule has 51 heavy (non-hydrogen) atoms. The first-order chi connectivity index (χ1) is 24.1. The van der Waals surface area contributed by atoms with Crippen LogP contribution in [0.5, 0.6) is 0 Å². The number of rotatable bonds is 9. The molecule has 3 N–H and O–H groups in total. The second kappa shape index (κ2) is 18.0. The summed E-state index contributed by atoms with van der Waals surface area (Å²) in [5.41, 5.74) is 15.7. The van der Waals surface area contributed by atoms with Crippen molar-refractivity contribution < 1.29 is 8.42 Å². The third-order valence-electron chi connectivity index (χ3n) is 8.92. The molecule has 0 aliphatic carbocycles. The van der Waals surface area contributed by atoms with Crippen LogP contribution in [-0.4, -0.2) is 34.6 Å². The second-order valence-electron chi connectivity index (χ2n) is 12.2. The van der Waals surface area contributed by atoms with Gasteiger partial charge in [-0.15, -0.1) is 23.7 Å². The Bertz CT molecular complexity index is 2080. The van der Waals surface area contributed by atoms with E-state index in [0.717, 1.165) is 66.4 Å². The Balaban J connectivity index is 0.000000209. The summed E-state index contributed by atoms with van der Waals surface area (Å²) in [4.78, 5) is 4.62. The van der Waals surface area contributed by atoms with Gasteiger partial charge in [0.25, 0.3) is 0 Å². The van der Waals surface area contributed by atoms with Gasteiger partial charge in [-0.1, -0.05) is 94.9 Å². The number of nitrogens with two attached hydrogens (primary N) is 1. The van der Waals surface area contributed by atoms with Crippen molar-refractivity contribution in [1.29, 1.82) is 0 Å². The molecule has 0 atom stereocenters. The van der Waals surface area contributed by atoms with Crippen molar-refractivity contribution in [2.24, 2.45) is 5.73 Å². The summed E-state index contributed by atoms with van der Waals surface area (Å²) in [7, 11) is -3.70. The molecule has 7 rings (SSSR count). The molecule has 0 spiro atoms. The van der Waals surface area contributed by atoms with Crippen molar-refractivity contribution in [3.05, 3.63) is 132 Å². The van der Waals surface area contributed by atoms with E-state index in [0.29, 0.717) is 28.9 Å².